The van der Waals surface area contributed by atoms with Crippen molar-refractivity contribution in [3.8, 4) is 0 Å². The molecule has 1 aliphatic carbocycles. The van der Waals surface area contributed by atoms with Crippen LogP contribution in [-0.2, 0) is 0 Å². The molecule has 66 valence electrons. The van der Waals surface area contributed by atoms with Gasteiger partial charge in [-0.15, -0.1) is 0 Å². The molecule has 2 heteroatoms. The molecule has 0 saturated heterocycles. The van der Waals surface area contributed by atoms with Crippen molar-refractivity contribution in [2.24, 2.45) is 11.7 Å². The Kier molecular flexibility index (Phi) is 3.34. The zero-order valence-corrected chi connectivity index (χ0v) is 7.64. The van der Waals surface area contributed by atoms with Crippen LogP contribution in [0.5, 0.6) is 0 Å². The molecule has 0 heterocycles. The molecule has 1 saturated carbocycles. The maximum absolute atomic E-state index is 6.02. The number of nitrogens with one attached hydrogen (secondary N) is 1. The van der Waals surface area contributed by atoms with Crippen LogP contribution in [0.1, 0.15) is 32.6 Å². The highest BCUT2D eigenvalue weighted by Gasteiger charge is 2.25. The Balaban J connectivity index is 2.40. The van der Waals surface area contributed by atoms with Gasteiger partial charge in [0.25, 0.3) is 0 Å². The van der Waals surface area contributed by atoms with Crippen LogP contribution in [0.2, 0.25) is 0 Å². The Morgan fingerprint density at radius 2 is 2.00 bits per heavy atom. The normalized spacial score (nSPS) is 35.2. The zero-order valence-electron chi connectivity index (χ0n) is 7.64. The van der Waals surface area contributed by atoms with E-state index in [1.165, 1.54) is 25.7 Å². The third-order valence-electron chi connectivity index (χ3n) is 2.97. The van der Waals surface area contributed by atoms with Crippen molar-refractivity contribution in [2.75, 3.05) is 7.05 Å². The van der Waals surface area contributed by atoms with Gasteiger partial charge in [0.1, 0.15) is 0 Å². The van der Waals surface area contributed by atoms with E-state index in [1.807, 2.05) is 7.05 Å². The first-order valence-electron chi connectivity index (χ1n) is 4.68. The lowest BCUT2D eigenvalue weighted by molar-refractivity contribution is 0.252. The van der Waals surface area contributed by atoms with Gasteiger partial charge in [-0.05, 0) is 32.7 Å². The van der Waals surface area contributed by atoms with Crippen molar-refractivity contribution in [1.29, 1.82) is 0 Å². The lowest BCUT2D eigenvalue weighted by Gasteiger charge is -2.33. The van der Waals surface area contributed by atoms with Gasteiger partial charge >= 0.3 is 0 Å². The van der Waals surface area contributed by atoms with E-state index < -0.39 is 0 Å². The van der Waals surface area contributed by atoms with Crippen molar-refractivity contribution >= 4 is 0 Å². The minimum atomic E-state index is 0.436. The topological polar surface area (TPSA) is 38.0 Å². The molecule has 3 unspecified atom stereocenters. The number of hydrogen-bond acceptors (Lipinski definition) is 2. The van der Waals surface area contributed by atoms with Gasteiger partial charge in [0.05, 0.1) is 0 Å². The van der Waals surface area contributed by atoms with Gasteiger partial charge in [0, 0.05) is 12.1 Å². The Morgan fingerprint density at radius 1 is 1.36 bits per heavy atom. The number of nitrogens with two attached hydrogens (primary N) is 1. The van der Waals surface area contributed by atoms with E-state index in [-0.39, 0.29) is 0 Å². The SMILES string of the molecule is CNC(C)C1CCCCC1N. The first-order valence-corrected chi connectivity index (χ1v) is 4.68. The van der Waals surface area contributed by atoms with E-state index >= 15 is 0 Å². The molecule has 1 aliphatic rings. The van der Waals surface area contributed by atoms with Crippen LogP contribution < -0.4 is 11.1 Å². The molecule has 0 aromatic rings. The quantitative estimate of drug-likeness (QED) is 0.628. The standard InChI is InChI=1S/C9H20N2/c1-7(11-2)8-5-3-4-6-9(8)10/h7-9,11H,3-6,10H2,1-2H3. The molecular formula is C9H20N2. The van der Waals surface area contributed by atoms with E-state index in [4.69, 9.17) is 5.73 Å². The van der Waals surface area contributed by atoms with Crippen LogP contribution in [0.25, 0.3) is 0 Å². The summed E-state index contributed by atoms with van der Waals surface area (Å²) in [4.78, 5) is 0. The summed E-state index contributed by atoms with van der Waals surface area (Å²) in [5.41, 5.74) is 6.02. The van der Waals surface area contributed by atoms with Crippen molar-refractivity contribution in [3.63, 3.8) is 0 Å². The summed E-state index contributed by atoms with van der Waals surface area (Å²) in [6.07, 6.45) is 5.22. The smallest absolute Gasteiger partial charge is 0.00819 e. The van der Waals surface area contributed by atoms with Gasteiger partial charge in [-0.3, -0.25) is 0 Å². The molecule has 0 aliphatic heterocycles. The maximum atomic E-state index is 6.02. The highest BCUT2D eigenvalue weighted by Crippen LogP contribution is 2.25. The summed E-state index contributed by atoms with van der Waals surface area (Å²) >= 11 is 0. The second-order valence-electron chi connectivity index (χ2n) is 3.69. The summed E-state index contributed by atoms with van der Waals surface area (Å²) in [6, 6.07) is 1.02. The molecule has 0 bridgehead atoms. The fourth-order valence-electron chi connectivity index (χ4n) is 2.02. The Labute approximate surface area is 69.5 Å². The first kappa shape index (κ1) is 9.01. The second-order valence-corrected chi connectivity index (χ2v) is 3.69. The van der Waals surface area contributed by atoms with Crippen LogP contribution in [0, 0.1) is 5.92 Å². The molecular weight excluding hydrogens is 136 g/mol. The van der Waals surface area contributed by atoms with Crippen LogP contribution in [-0.4, -0.2) is 19.1 Å². The molecule has 3 atom stereocenters. The van der Waals surface area contributed by atoms with Crippen molar-refractivity contribution in [1.82, 2.24) is 5.32 Å². The molecule has 2 nitrogen and oxygen atoms in total. The zero-order chi connectivity index (χ0) is 8.27. The van der Waals surface area contributed by atoms with Gasteiger partial charge < -0.3 is 11.1 Å². The van der Waals surface area contributed by atoms with E-state index in [9.17, 15) is 0 Å². The number of hydrogen-bond donors (Lipinski definition) is 2. The van der Waals surface area contributed by atoms with Crippen molar-refractivity contribution in [2.45, 2.75) is 44.7 Å². The molecule has 1 fully saturated rings. The average molecular weight is 156 g/mol. The fraction of sp³-hybridized carbons (Fsp3) is 1.00. The third kappa shape index (κ3) is 2.17. The Hall–Kier alpha value is -0.0800. The van der Waals surface area contributed by atoms with Crippen molar-refractivity contribution in [3.05, 3.63) is 0 Å². The van der Waals surface area contributed by atoms with Crippen LogP contribution in [0.3, 0.4) is 0 Å². The van der Waals surface area contributed by atoms with Crippen LogP contribution >= 0.6 is 0 Å². The number of rotatable bonds is 2. The van der Waals surface area contributed by atoms with Gasteiger partial charge in [-0.25, -0.2) is 0 Å². The molecule has 1 rings (SSSR count). The third-order valence-corrected chi connectivity index (χ3v) is 2.97. The maximum Gasteiger partial charge on any atom is 0.00819 e. The second kappa shape index (κ2) is 4.07. The van der Waals surface area contributed by atoms with E-state index in [2.05, 4.69) is 12.2 Å². The van der Waals surface area contributed by atoms with E-state index in [0.29, 0.717) is 18.0 Å². The monoisotopic (exact) mass is 156 g/mol. The first-order chi connectivity index (χ1) is 5.25. The predicted octanol–water partition coefficient (Wildman–Crippen LogP) is 1.11. The van der Waals surface area contributed by atoms with E-state index in [1.54, 1.807) is 0 Å². The molecule has 0 aromatic heterocycles. The molecule has 3 N–H and O–H groups in total. The lowest BCUT2D eigenvalue weighted by Crippen LogP contribution is -2.44. The van der Waals surface area contributed by atoms with Crippen LogP contribution in [0.15, 0.2) is 0 Å². The molecule has 0 spiro atoms. The average Bonchev–Trinajstić information content (AvgIpc) is 2.04. The van der Waals surface area contributed by atoms with Gasteiger partial charge in [-0.2, -0.15) is 0 Å². The minimum absolute atomic E-state index is 0.436. The largest absolute Gasteiger partial charge is 0.327 e. The minimum Gasteiger partial charge on any atom is -0.327 e. The Morgan fingerprint density at radius 3 is 2.55 bits per heavy atom. The summed E-state index contributed by atoms with van der Waals surface area (Å²) in [5, 5.41) is 3.29. The van der Waals surface area contributed by atoms with Crippen LogP contribution in [0.4, 0.5) is 0 Å². The molecule has 0 radical (unpaired) electrons. The lowest BCUT2D eigenvalue weighted by atomic mass is 9.81. The molecule has 11 heavy (non-hydrogen) atoms. The predicted molar refractivity (Wildman–Crippen MR) is 48.5 cm³/mol. The highest BCUT2D eigenvalue weighted by atomic mass is 14.9. The summed E-state index contributed by atoms with van der Waals surface area (Å²) in [5.74, 6) is 0.703. The van der Waals surface area contributed by atoms with Crippen molar-refractivity contribution < 1.29 is 0 Å². The summed E-state index contributed by atoms with van der Waals surface area (Å²) in [6.45, 7) is 2.23. The fourth-order valence-corrected chi connectivity index (χ4v) is 2.02. The summed E-state index contributed by atoms with van der Waals surface area (Å²) in [7, 11) is 2.02. The Bertz CT molecular complexity index is 110. The highest BCUT2D eigenvalue weighted by molar-refractivity contribution is 4.83. The van der Waals surface area contributed by atoms with Gasteiger partial charge in [-0.1, -0.05) is 12.8 Å². The molecule has 0 amide bonds. The molecule has 0 aromatic carbocycles. The summed E-state index contributed by atoms with van der Waals surface area (Å²) < 4.78 is 0. The van der Waals surface area contributed by atoms with E-state index in [0.717, 1.165) is 0 Å². The van der Waals surface area contributed by atoms with Gasteiger partial charge in [0.2, 0.25) is 0 Å². The van der Waals surface area contributed by atoms with Gasteiger partial charge in [0.15, 0.2) is 0 Å².